The molecule has 2 N–H and O–H groups in total. The van der Waals surface area contributed by atoms with Gasteiger partial charge in [-0.25, -0.2) is 0 Å². The van der Waals surface area contributed by atoms with Gasteiger partial charge in [-0.3, -0.25) is 4.79 Å². The smallest absolute Gasteiger partial charge is 0.262 e. The van der Waals surface area contributed by atoms with Crippen LogP contribution in [0.5, 0.6) is 11.6 Å². The summed E-state index contributed by atoms with van der Waals surface area (Å²) in [6.07, 6.45) is 0. The van der Waals surface area contributed by atoms with Crippen LogP contribution >= 0.6 is 0 Å². The average molecular weight is 374 g/mol. The van der Waals surface area contributed by atoms with Crippen LogP contribution in [0.2, 0.25) is 0 Å². The normalized spacial score (nSPS) is 10.7. The second-order valence-corrected chi connectivity index (χ2v) is 6.32. The number of benzene rings is 3. The van der Waals surface area contributed by atoms with Gasteiger partial charge in [-0.05, 0) is 52.7 Å². The molecule has 1 heterocycles. The first-order chi connectivity index (χ1) is 13.7. The predicted molar refractivity (Wildman–Crippen MR) is 104 cm³/mol. The van der Waals surface area contributed by atoms with Crippen LogP contribution in [0.3, 0.4) is 0 Å². The van der Waals surface area contributed by atoms with E-state index >= 15 is 0 Å². The van der Waals surface area contributed by atoms with Crippen molar-refractivity contribution < 1.29 is 19.2 Å². The predicted octanol–water partition coefficient (Wildman–Crippen LogP) is 4.04. The Morgan fingerprint density at radius 1 is 1.00 bits per heavy atom. The number of nitrogens with zero attached hydrogens (tertiary/aromatic N) is 1. The van der Waals surface area contributed by atoms with Crippen LogP contribution in [-0.2, 0) is 13.2 Å². The molecular formula is C22H18N2O4. The van der Waals surface area contributed by atoms with E-state index in [1.807, 2.05) is 42.5 Å². The molecule has 0 saturated carbocycles. The topological polar surface area (TPSA) is 84.6 Å². The molecule has 0 bridgehead atoms. The Morgan fingerprint density at radius 2 is 1.79 bits per heavy atom. The Hall–Kier alpha value is -3.80. The van der Waals surface area contributed by atoms with Gasteiger partial charge in [0.2, 0.25) is 0 Å². The molecule has 0 atom stereocenters. The number of aromatic hydroxyl groups is 1. The third kappa shape index (κ3) is 3.96. The average Bonchev–Trinajstić information content (AvgIpc) is 3.14. The summed E-state index contributed by atoms with van der Waals surface area (Å²) in [5.74, 6) is 0.328. The Labute approximate surface area is 161 Å². The van der Waals surface area contributed by atoms with Gasteiger partial charge >= 0.3 is 0 Å². The SMILES string of the molecule is O=C(NCc1ccc2onc(OCc3ccccc3)c2c1)c1ccc(O)cc1. The lowest BCUT2D eigenvalue weighted by Gasteiger charge is -2.06. The van der Waals surface area contributed by atoms with Crippen molar-refractivity contribution in [2.24, 2.45) is 0 Å². The first-order valence-electron chi connectivity index (χ1n) is 8.81. The molecule has 3 aromatic carbocycles. The quantitative estimate of drug-likeness (QED) is 0.532. The van der Waals surface area contributed by atoms with E-state index in [0.29, 0.717) is 30.2 Å². The molecule has 0 fully saturated rings. The largest absolute Gasteiger partial charge is 0.508 e. The first kappa shape index (κ1) is 17.6. The standard InChI is InChI=1S/C22H18N2O4/c25-18-9-7-17(8-10-18)21(26)23-13-16-6-11-20-19(12-16)22(24-28-20)27-14-15-4-2-1-3-5-15/h1-12,25H,13-14H2,(H,23,26). The molecule has 1 aromatic heterocycles. The molecule has 4 aromatic rings. The fourth-order valence-corrected chi connectivity index (χ4v) is 2.80. The molecule has 1 amide bonds. The lowest BCUT2D eigenvalue weighted by molar-refractivity contribution is 0.0951. The number of fused-ring (bicyclic) bond motifs is 1. The summed E-state index contributed by atoms with van der Waals surface area (Å²) >= 11 is 0. The summed E-state index contributed by atoms with van der Waals surface area (Å²) in [5, 5.41) is 16.9. The molecule has 0 aliphatic heterocycles. The molecule has 0 aliphatic carbocycles. The third-order valence-electron chi connectivity index (χ3n) is 4.30. The van der Waals surface area contributed by atoms with Gasteiger partial charge in [-0.15, -0.1) is 0 Å². The zero-order valence-electron chi connectivity index (χ0n) is 15.0. The Balaban J connectivity index is 1.44. The van der Waals surface area contributed by atoms with E-state index in [0.717, 1.165) is 16.5 Å². The number of hydrogen-bond donors (Lipinski definition) is 2. The fraction of sp³-hybridized carbons (Fsp3) is 0.0909. The van der Waals surface area contributed by atoms with E-state index in [-0.39, 0.29) is 11.7 Å². The van der Waals surface area contributed by atoms with Crippen LogP contribution in [0.15, 0.2) is 77.3 Å². The van der Waals surface area contributed by atoms with Crippen molar-refractivity contribution in [2.75, 3.05) is 0 Å². The van der Waals surface area contributed by atoms with Gasteiger partial charge in [0.1, 0.15) is 12.4 Å². The minimum atomic E-state index is -0.217. The van der Waals surface area contributed by atoms with Crippen molar-refractivity contribution in [3.8, 4) is 11.6 Å². The zero-order chi connectivity index (χ0) is 19.3. The number of nitrogens with one attached hydrogen (secondary N) is 1. The molecular weight excluding hydrogens is 356 g/mol. The highest BCUT2D eigenvalue weighted by molar-refractivity contribution is 5.94. The van der Waals surface area contributed by atoms with E-state index < -0.39 is 0 Å². The highest BCUT2D eigenvalue weighted by atomic mass is 16.5. The van der Waals surface area contributed by atoms with E-state index in [2.05, 4.69) is 10.5 Å². The number of carbonyl (C=O) groups excluding carboxylic acids is 1. The Kier molecular flexibility index (Phi) is 4.93. The number of phenolic OH excluding ortho intramolecular Hbond substituents is 1. The van der Waals surface area contributed by atoms with Crippen LogP contribution in [0.1, 0.15) is 21.5 Å². The summed E-state index contributed by atoms with van der Waals surface area (Å²) in [6, 6.07) is 21.5. The lowest BCUT2D eigenvalue weighted by atomic mass is 10.1. The highest BCUT2D eigenvalue weighted by Gasteiger charge is 2.11. The molecule has 0 spiro atoms. The van der Waals surface area contributed by atoms with Crippen molar-refractivity contribution in [2.45, 2.75) is 13.2 Å². The number of hydrogen-bond acceptors (Lipinski definition) is 5. The van der Waals surface area contributed by atoms with E-state index in [1.165, 1.54) is 12.1 Å². The number of phenols is 1. The van der Waals surface area contributed by atoms with Crippen LogP contribution in [0.4, 0.5) is 0 Å². The minimum absolute atomic E-state index is 0.123. The lowest BCUT2D eigenvalue weighted by Crippen LogP contribution is -2.22. The number of carbonyl (C=O) groups is 1. The van der Waals surface area contributed by atoms with Gasteiger partial charge in [0.15, 0.2) is 5.58 Å². The summed E-state index contributed by atoms with van der Waals surface area (Å²) in [7, 11) is 0. The molecule has 0 unspecified atom stereocenters. The van der Waals surface area contributed by atoms with Gasteiger partial charge in [0, 0.05) is 12.1 Å². The maximum atomic E-state index is 12.2. The van der Waals surface area contributed by atoms with Gasteiger partial charge in [0.05, 0.1) is 5.39 Å². The van der Waals surface area contributed by atoms with Crippen molar-refractivity contribution in [1.29, 1.82) is 0 Å². The zero-order valence-corrected chi connectivity index (χ0v) is 15.0. The maximum Gasteiger partial charge on any atom is 0.262 e. The molecule has 0 saturated heterocycles. The number of aromatic nitrogens is 1. The number of ether oxygens (including phenoxy) is 1. The van der Waals surface area contributed by atoms with Gasteiger partial charge in [-0.2, -0.15) is 0 Å². The number of rotatable bonds is 6. The molecule has 140 valence electrons. The Morgan fingerprint density at radius 3 is 2.57 bits per heavy atom. The number of amides is 1. The van der Waals surface area contributed by atoms with Gasteiger partial charge < -0.3 is 19.7 Å². The summed E-state index contributed by atoms with van der Waals surface area (Å²) in [6.45, 7) is 0.739. The van der Waals surface area contributed by atoms with Crippen molar-refractivity contribution in [3.63, 3.8) is 0 Å². The van der Waals surface area contributed by atoms with Crippen molar-refractivity contribution >= 4 is 16.9 Å². The molecule has 28 heavy (non-hydrogen) atoms. The minimum Gasteiger partial charge on any atom is -0.508 e. The van der Waals surface area contributed by atoms with E-state index in [1.54, 1.807) is 18.2 Å². The third-order valence-corrected chi connectivity index (χ3v) is 4.30. The monoisotopic (exact) mass is 374 g/mol. The molecule has 6 nitrogen and oxygen atoms in total. The van der Waals surface area contributed by atoms with Crippen LogP contribution < -0.4 is 10.1 Å². The summed E-state index contributed by atoms with van der Waals surface area (Å²) in [5.41, 5.74) is 3.04. The molecule has 4 rings (SSSR count). The van der Waals surface area contributed by atoms with Crippen LogP contribution in [0, 0.1) is 0 Å². The first-order valence-corrected chi connectivity index (χ1v) is 8.81. The highest BCUT2D eigenvalue weighted by Crippen LogP contribution is 2.26. The summed E-state index contributed by atoms with van der Waals surface area (Å²) in [4.78, 5) is 12.2. The van der Waals surface area contributed by atoms with Gasteiger partial charge in [0.25, 0.3) is 11.8 Å². The van der Waals surface area contributed by atoms with E-state index in [4.69, 9.17) is 9.26 Å². The van der Waals surface area contributed by atoms with Gasteiger partial charge in [-0.1, -0.05) is 36.4 Å². The molecule has 0 aliphatic rings. The second kappa shape index (κ2) is 7.84. The maximum absolute atomic E-state index is 12.2. The van der Waals surface area contributed by atoms with Crippen molar-refractivity contribution in [1.82, 2.24) is 10.5 Å². The van der Waals surface area contributed by atoms with Crippen LogP contribution in [0.25, 0.3) is 11.0 Å². The Bertz CT molecular complexity index is 1090. The summed E-state index contributed by atoms with van der Waals surface area (Å²) < 4.78 is 11.1. The molecule has 6 heteroatoms. The van der Waals surface area contributed by atoms with Crippen LogP contribution in [-0.4, -0.2) is 16.2 Å². The molecule has 0 radical (unpaired) electrons. The second-order valence-electron chi connectivity index (χ2n) is 6.32. The van der Waals surface area contributed by atoms with Crippen molar-refractivity contribution in [3.05, 3.63) is 89.5 Å². The van der Waals surface area contributed by atoms with E-state index in [9.17, 15) is 9.90 Å². The fourth-order valence-electron chi connectivity index (χ4n) is 2.80.